The van der Waals surface area contributed by atoms with E-state index in [9.17, 15) is 4.39 Å². The number of ether oxygens (including phenoxy) is 1. The summed E-state index contributed by atoms with van der Waals surface area (Å²) in [6.45, 7) is 2.64. The van der Waals surface area contributed by atoms with E-state index in [1.54, 1.807) is 13.2 Å². The van der Waals surface area contributed by atoms with E-state index in [0.717, 1.165) is 23.9 Å². The van der Waals surface area contributed by atoms with Gasteiger partial charge in [-0.05, 0) is 35.1 Å². The molecule has 0 saturated heterocycles. The highest BCUT2D eigenvalue weighted by Gasteiger charge is 2.18. The van der Waals surface area contributed by atoms with E-state index in [1.165, 1.54) is 6.07 Å². The Morgan fingerprint density at radius 2 is 2.26 bits per heavy atom. The summed E-state index contributed by atoms with van der Waals surface area (Å²) in [5, 5.41) is 0. The molecule has 2 rings (SSSR count). The second kappa shape index (κ2) is 6.04. The molecule has 0 aliphatic carbocycles. The summed E-state index contributed by atoms with van der Waals surface area (Å²) in [7, 11) is 1.65. The van der Waals surface area contributed by atoms with Crippen molar-refractivity contribution in [3.63, 3.8) is 0 Å². The van der Waals surface area contributed by atoms with Gasteiger partial charge in [0.2, 0.25) is 5.95 Å². The molecule has 0 amide bonds. The molecular weight excluding hydrogens is 360 g/mol. The van der Waals surface area contributed by atoms with Crippen molar-refractivity contribution in [1.82, 2.24) is 9.55 Å². The largest absolute Gasteiger partial charge is 0.383 e. The van der Waals surface area contributed by atoms with Gasteiger partial charge in [0.05, 0.1) is 27.3 Å². The van der Waals surface area contributed by atoms with Crippen LogP contribution in [-0.4, -0.2) is 23.3 Å². The van der Waals surface area contributed by atoms with Crippen LogP contribution in [0.3, 0.4) is 0 Å². The number of anilines is 1. The maximum Gasteiger partial charge on any atom is 0.201 e. The fourth-order valence-corrected chi connectivity index (χ4v) is 2.76. The summed E-state index contributed by atoms with van der Waals surface area (Å²) in [6, 6.07) is 3.30. The highest BCUT2D eigenvalue weighted by molar-refractivity contribution is 14.1. The molecule has 6 heteroatoms. The van der Waals surface area contributed by atoms with Gasteiger partial charge in [-0.3, -0.25) is 0 Å². The van der Waals surface area contributed by atoms with Crippen molar-refractivity contribution >= 4 is 39.6 Å². The summed E-state index contributed by atoms with van der Waals surface area (Å²) in [6.07, 6.45) is 1.91. The van der Waals surface area contributed by atoms with Crippen LogP contribution >= 0.6 is 22.6 Å². The highest BCUT2D eigenvalue weighted by Crippen LogP contribution is 2.28. The van der Waals surface area contributed by atoms with Gasteiger partial charge in [-0.25, -0.2) is 9.37 Å². The third-order valence-corrected chi connectivity index (χ3v) is 3.93. The van der Waals surface area contributed by atoms with Crippen LogP contribution in [0.5, 0.6) is 0 Å². The number of halogens is 2. The molecule has 1 atom stereocenters. The van der Waals surface area contributed by atoms with Crippen molar-refractivity contribution in [3.8, 4) is 0 Å². The molecule has 0 spiro atoms. The smallest absolute Gasteiger partial charge is 0.201 e. The monoisotopic (exact) mass is 377 g/mol. The summed E-state index contributed by atoms with van der Waals surface area (Å²) in [5.41, 5.74) is 7.44. The first-order valence-electron chi connectivity index (χ1n) is 6.19. The van der Waals surface area contributed by atoms with Gasteiger partial charge >= 0.3 is 0 Å². The molecule has 4 nitrogen and oxygen atoms in total. The van der Waals surface area contributed by atoms with E-state index < -0.39 is 0 Å². The lowest BCUT2D eigenvalue weighted by Crippen LogP contribution is -2.16. The van der Waals surface area contributed by atoms with Crippen LogP contribution in [0.25, 0.3) is 11.0 Å². The number of nitrogens with zero attached hydrogens (tertiary/aromatic N) is 2. The molecule has 1 aromatic heterocycles. The Morgan fingerprint density at radius 3 is 2.89 bits per heavy atom. The van der Waals surface area contributed by atoms with Crippen molar-refractivity contribution in [1.29, 1.82) is 0 Å². The molecule has 0 bridgehead atoms. The number of hydrogen-bond acceptors (Lipinski definition) is 3. The van der Waals surface area contributed by atoms with Gasteiger partial charge in [-0.2, -0.15) is 0 Å². The number of benzene rings is 1. The third-order valence-electron chi connectivity index (χ3n) is 3.10. The van der Waals surface area contributed by atoms with E-state index in [0.29, 0.717) is 16.1 Å². The fraction of sp³-hybridized carbons (Fsp3) is 0.462. The van der Waals surface area contributed by atoms with Crippen LogP contribution in [0.4, 0.5) is 10.3 Å². The minimum absolute atomic E-state index is 0.0828. The van der Waals surface area contributed by atoms with Gasteiger partial charge in [-0.1, -0.05) is 13.3 Å². The van der Waals surface area contributed by atoms with E-state index in [4.69, 9.17) is 10.5 Å². The molecule has 1 unspecified atom stereocenters. The first kappa shape index (κ1) is 14.5. The zero-order valence-corrected chi connectivity index (χ0v) is 13.1. The van der Waals surface area contributed by atoms with Crippen LogP contribution in [-0.2, 0) is 4.74 Å². The van der Waals surface area contributed by atoms with E-state index in [2.05, 4.69) is 11.9 Å². The molecule has 0 fully saturated rings. The third kappa shape index (κ3) is 2.84. The normalized spacial score (nSPS) is 13.1. The summed E-state index contributed by atoms with van der Waals surface area (Å²) in [4.78, 5) is 4.31. The van der Waals surface area contributed by atoms with Crippen LogP contribution in [0, 0.1) is 9.39 Å². The molecule has 0 radical (unpaired) electrons. The molecule has 2 N–H and O–H groups in total. The van der Waals surface area contributed by atoms with Crippen molar-refractivity contribution in [2.24, 2.45) is 0 Å². The Hall–Kier alpha value is -0.890. The second-order valence-corrected chi connectivity index (χ2v) is 5.66. The van der Waals surface area contributed by atoms with Gasteiger partial charge in [0.25, 0.3) is 0 Å². The lowest BCUT2D eigenvalue weighted by atomic mass is 10.1. The van der Waals surface area contributed by atoms with Crippen molar-refractivity contribution < 1.29 is 9.13 Å². The first-order chi connectivity index (χ1) is 9.08. The Balaban J connectivity index is 2.57. The Morgan fingerprint density at radius 1 is 1.53 bits per heavy atom. The summed E-state index contributed by atoms with van der Waals surface area (Å²) in [5.74, 6) is 0.161. The van der Waals surface area contributed by atoms with Gasteiger partial charge in [0, 0.05) is 13.2 Å². The molecule has 0 aliphatic heterocycles. The molecule has 104 valence electrons. The highest BCUT2D eigenvalue weighted by atomic mass is 127. The quantitative estimate of drug-likeness (QED) is 0.814. The van der Waals surface area contributed by atoms with Crippen molar-refractivity contribution in [2.75, 3.05) is 19.5 Å². The number of nitrogen functional groups attached to an aromatic ring is 1. The average Bonchev–Trinajstić information content (AvgIpc) is 2.65. The summed E-state index contributed by atoms with van der Waals surface area (Å²) >= 11 is 1.95. The van der Waals surface area contributed by atoms with E-state index in [1.807, 2.05) is 27.2 Å². The molecule has 1 aromatic carbocycles. The van der Waals surface area contributed by atoms with Crippen LogP contribution < -0.4 is 5.73 Å². The predicted molar refractivity (Wildman–Crippen MR) is 82.6 cm³/mol. The van der Waals surface area contributed by atoms with Gasteiger partial charge in [0.1, 0.15) is 5.82 Å². The van der Waals surface area contributed by atoms with Crippen molar-refractivity contribution in [3.05, 3.63) is 21.5 Å². The van der Waals surface area contributed by atoms with E-state index >= 15 is 0 Å². The molecule has 0 saturated carbocycles. The standard InChI is InChI=1S/C13H17FIN3O/c1-3-4-8(7-19-2)18-12-5-9(14)10(15)6-11(12)17-13(18)16/h5-6,8H,3-4,7H2,1-2H3,(H2,16,17). The van der Waals surface area contributed by atoms with Crippen molar-refractivity contribution in [2.45, 2.75) is 25.8 Å². The average molecular weight is 377 g/mol. The van der Waals surface area contributed by atoms with E-state index in [-0.39, 0.29) is 11.9 Å². The SMILES string of the molecule is CCCC(COC)n1c(N)nc2cc(I)c(F)cc21. The number of hydrogen-bond donors (Lipinski definition) is 1. The zero-order chi connectivity index (χ0) is 14.0. The second-order valence-electron chi connectivity index (χ2n) is 4.49. The zero-order valence-electron chi connectivity index (χ0n) is 11.0. The van der Waals surface area contributed by atoms with Crippen LogP contribution in [0.1, 0.15) is 25.8 Å². The lowest BCUT2D eigenvalue weighted by Gasteiger charge is -2.19. The first-order valence-corrected chi connectivity index (χ1v) is 7.27. The molecule has 2 aromatic rings. The molecule has 0 aliphatic rings. The Kier molecular flexibility index (Phi) is 4.62. The minimum atomic E-state index is -0.248. The maximum absolute atomic E-state index is 13.8. The lowest BCUT2D eigenvalue weighted by molar-refractivity contribution is 0.153. The van der Waals surface area contributed by atoms with Gasteiger partial charge in [-0.15, -0.1) is 0 Å². The van der Waals surface area contributed by atoms with Crippen LogP contribution in [0.2, 0.25) is 0 Å². The topological polar surface area (TPSA) is 53.1 Å². The maximum atomic E-state index is 13.8. The number of methoxy groups -OCH3 is 1. The predicted octanol–water partition coefficient (Wildman–Crippen LogP) is 3.35. The van der Waals surface area contributed by atoms with Crippen LogP contribution in [0.15, 0.2) is 12.1 Å². The number of aromatic nitrogens is 2. The number of rotatable bonds is 5. The number of fused-ring (bicyclic) bond motifs is 1. The van der Waals surface area contributed by atoms with Gasteiger partial charge in [0.15, 0.2) is 0 Å². The Labute approximate surface area is 125 Å². The number of nitrogens with two attached hydrogens (primary N) is 1. The Bertz CT molecular complexity index is 579. The number of imidazole rings is 1. The molecule has 19 heavy (non-hydrogen) atoms. The minimum Gasteiger partial charge on any atom is -0.383 e. The van der Waals surface area contributed by atoms with Gasteiger partial charge < -0.3 is 15.0 Å². The molecular formula is C13H17FIN3O. The fourth-order valence-electron chi connectivity index (χ4n) is 2.31. The summed E-state index contributed by atoms with van der Waals surface area (Å²) < 4.78 is 21.4. The molecule has 1 heterocycles.